The summed E-state index contributed by atoms with van der Waals surface area (Å²) < 4.78 is 4.95. The van der Waals surface area contributed by atoms with Gasteiger partial charge in [-0.05, 0) is 43.9 Å². The lowest BCUT2D eigenvalue weighted by molar-refractivity contribution is 0.0520. The zero-order chi connectivity index (χ0) is 18.9. The summed E-state index contributed by atoms with van der Waals surface area (Å²) in [5.74, 6) is -0.435. The Hall–Kier alpha value is -2.06. The highest BCUT2D eigenvalue weighted by molar-refractivity contribution is 7.98. The number of carbonyl (C=O) groups is 2. The number of esters is 1. The van der Waals surface area contributed by atoms with E-state index >= 15 is 0 Å². The number of amides is 2. The van der Waals surface area contributed by atoms with Crippen LogP contribution in [0.1, 0.15) is 35.8 Å². The summed E-state index contributed by atoms with van der Waals surface area (Å²) in [5, 5.41) is 5.28. The van der Waals surface area contributed by atoms with Gasteiger partial charge in [-0.15, -0.1) is 23.1 Å². The van der Waals surface area contributed by atoms with Crippen molar-refractivity contribution < 1.29 is 14.3 Å². The molecule has 0 bridgehead atoms. The van der Waals surface area contributed by atoms with Crippen LogP contribution in [0, 0.1) is 0 Å². The molecule has 0 aliphatic rings. The summed E-state index contributed by atoms with van der Waals surface area (Å²) in [5.41, 5.74) is 1.04. The van der Waals surface area contributed by atoms with Gasteiger partial charge >= 0.3 is 12.0 Å². The third-order valence-corrected chi connectivity index (χ3v) is 5.06. The van der Waals surface area contributed by atoms with Gasteiger partial charge in [0.25, 0.3) is 0 Å². The topological polar surface area (TPSA) is 71.5 Å². The van der Waals surface area contributed by atoms with Crippen LogP contribution in [0.4, 0.5) is 10.5 Å². The molecule has 0 saturated heterocycles. The second kappa shape index (κ2) is 10.2. The number of hydrogen-bond donors (Lipinski definition) is 1. The number of nitrogens with one attached hydrogen (secondary N) is 1. The van der Waals surface area contributed by atoms with Crippen molar-refractivity contribution in [2.24, 2.45) is 0 Å². The molecule has 2 amide bonds. The Kier molecular flexibility index (Phi) is 7.93. The summed E-state index contributed by atoms with van der Waals surface area (Å²) in [4.78, 5) is 31.4. The Balaban J connectivity index is 2.02. The van der Waals surface area contributed by atoms with E-state index in [-0.39, 0.29) is 11.7 Å². The predicted octanol–water partition coefficient (Wildman–Crippen LogP) is 4.49. The van der Waals surface area contributed by atoms with E-state index in [0.717, 1.165) is 17.0 Å². The number of rotatable bonds is 8. The standard InChI is InChI=1S/C18H23N3O3S2/c1-4-10-21(11-16-20-15(12-26-16)17(22)24-5-2)18(23)19-13-6-8-14(25-3)9-7-13/h6-9,12H,4-5,10-11H2,1-3H3,(H,19,23). The third kappa shape index (κ3) is 5.74. The molecule has 1 N–H and O–H groups in total. The van der Waals surface area contributed by atoms with Gasteiger partial charge in [0.05, 0.1) is 13.2 Å². The van der Waals surface area contributed by atoms with Gasteiger partial charge in [-0.2, -0.15) is 0 Å². The molecule has 2 aromatic rings. The smallest absolute Gasteiger partial charge is 0.357 e. The number of ether oxygens (including phenoxy) is 1. The molecular weight excluding hydrogens is 370 g/mol. The van der Waals surface area contributed by atoms with Gasteiger partial charge in [0, 0.05) is 22.5 Å². The molecule has 0 saturated carbocycles. The van der Waals surface area contributed by atoms with E-state index in [2.05, 4.69) is 10.3 Å². The molecule has 0 radical (unpaired) electrons. The first kappa shape index (κ1) is 20.3. The van der Waals surface area contributed by atoms with Crippen LogP contribution < -0.4 is 5.32 Å². The molecule has 0 aliphatic carbocycles. The molecule has 6 nitrogen and oxygen atoms in total. The van der Waals surface area contributed by atoms with Gasteiger partial charge in [0.15, 0.2) is 5.69 Å². The average molecular weight is 394 g/mol. The van der Waals surface area contributed by atoms with Crippen LogP contribution in [0.15, 0.2) is 34.5 Å². The number of carbonyl (C=O) groups excluding carboxylic acids is 2. The highest BCUT2D eigenvalue weighted by Crippen LogP contribution is 2.19. The fourth-order valence-corrected chi connectivity index (χ4v) is 3.43. The van der Waals surface area contributed by atoms with Crippen molar-refractivity contribution in [3.05, 3.63) is 40.3 Å². The number of hydrogen-bond acceptors (Lipinski definition) is 6. The van der Waals surface area contributed by atoms with Crippen molar-refractivity contribution in [3.63, 3.8) is 0 Å². The lowest BCUT2D eigenvalue weighted by Gasteiger charge is -2.21. The quantitative estimate of drug-likeness (QED) is 0.529. The van der Waals surface area contributed by atoms with E-state index in [1.54, 1.807) is 29.0 Å². The number of nitrogens with zero attached hydrogens (tertiary/aromatic N) is 2. The lowest BCUT2D eigenvalue weighted by Crippen LogP contribution is -2.35. The number of thiazole rings is 1. The number of urea groups is 1. The summed E-state index contributed by atoms with van der Waals surface area (Å²) in [6.45, 7) is 5.03. The van der Waals surface area contributed by atoms with Crippen LogP contribution in [0.3, 0.4) is 0 Å². The van der Waals surface area contributed by atoms with Gasteiger partial charge in [-0.1, -0.05) is 6.92 Å². The Morgan fingerprint density at radius 1 is 1.27 bits per heavy atom. The molecule has 0 fully saturated rings. The van der Waals surface area contributed by atoms with Gasteiger partial charge < -0.3 is 15.0 Å². The van der Waals surface area contributed by atoms with Crippen molar-refractivity contribution in [3.8, 4) is 0 Å². The van der Waals surface area contributed by atoms with Crippen molar-refractivity contribution in [1.29, 1.82) is 0 Å². The SMILES string of the molecule is CCCN(Cc1nc(C(=O)OCC)cs1)C(=O)Nc1ccc(SC)cc1. The molecule has 2 rings (SSSR count). The van der Waals surface area contributed by atoms with E-state index in [1.807, 2.05) is 37.4 Å². The zero-order valence-corrected chi connectivity index (χ0v) is 16.8. The van der Waals surface area contributed by atoms with Crippen LogP contribution in [-0.4, -0.2) is 41.3 Å². The first-order chi connectivity index (χ1) is 12.6. The van der Waals surface area contributed by atoms with Crippen LogP contribution >= 0.6 is 23.1 Å². The van der Waals surface area contributed by atoms with Crippen molar-refractivity contribution in [2.45, 2.75) is 31.7 Å². The number of anilines is 1. The second-order valence-corrected chi connectivity index (χ2v) is 7.25. The summed E-state index contributed by atoms with van der Waals surface area (Å²) >= 11 is 3.00. The maximum Gasteiger partial charge on any atom is 0.357 e. The summed E-state index contributed by atoms with van der Waals surface area (Å²) in [7, 11) is 0. The second-order valence-electron chi connectivity index (χ2n) is 5.43. The Morgan fingerprint density at radius 2 is 2.00 bits per heavy atom. The lowest BCUT2D eigenvalue weighted by atomic mass is 10.3. The van der Waals surface area contributed by atoms with E-state index in [1.165, 1.54) is 11.3 Å². The van der Waals surface area contributed by atoms with Crippen LogP contribution in [0.5, 0.6) is 0 Å². The normalized spacial score (nSPS) is 10.4. The highest BCUT2D eigenvalue weighted by Gasteiger charge is 2.17. The largest absolute Gasteiger partial charge is 0.461 e. The first-order valence-corrected chi connectivity index (χ1v) is 10.5. The molecule has 0 spiro atoms. The highest BCUT2D eigenvalue weighted by atomic mass is 32.2. The fourth-order valence-electron chi connectivity index (χ4n) is 2.24. The molecule has 1 aromatic heterocycles. The van der Waals surface area contributed by atoms with E-state index in [0.29, 0.717) is 24.7 Å². The minimum atomic E-state index is -0.435. The minimum absolute atomic E-state index is 0.184. The molecule has 8 heteroatoms. The van der Waals surface area contributed by atoms with Crippen molar-refractivity contribution >= 4 is 40.8 Å². The average Bonchev–Trinajstić information content (AvgIpc) is 3.11. The van der Waals surface area contributed by atoms with Crippen LogP contribution in [0.25, 0.3) is 0 Å². The number of thioether (sulfide) groups is 1. The van der Waals surface area contributed by atoms with E-state index < -0.39 is 5.97 Å². The van der Waals surface area contributed by atoms with Gasteiger partial charge in [0.1, 0.15) is 5.01 Å². The maximum atomic E-state index is 12.6. The van der Waals surface area contributed by atoms with E-state index in [9.17, 15) is 9.59 Å². The van der Waals surface area contributed by atoms with Crippen LogP contribution in [0.2, 0.25) is 0 Å². The molecule has 26 heavy (non-hydrogen) atoms. The Bertz CT molecular complexity index is 732. The third-order valence-electron chi connectivity index (χ3n) is 3.48. The molecule has 1 aromatic carbocycles. The first-order valence-electron chi connectivity index (χ1n) is 8.38. The number of aromatic nitrogens is 1. The molecule has 0 unspecified atom stereocenters. The monoisotopic (exact) mass is 393 g/mol. The number of benzene rings is 1. The summed E-state index contributed by atoms with van der Waals surface area (Å²) in [6.07, 6.45) is 2.84. The minimum Gasteiger partial charge on any atom is -0.461 e. The molecule has 140 valence electrons. The van der Waals surface area contributed by atoms with Crippen molar-refractivity contribution in [2.75, 3.05) is 24.7 Å². The Labute approximate surface area is 162 Å². The zero-order valence-electron chi connectivity index (χ0n) is 15.2. The predicted molar refractivity (Wildman–Crippen MR) is 106 cm³/mol. The van der Waals surface area contributed by atoms with E-state index in [4.69, 9.17) is 4.74 Å². The molecule has 0 atom stereocenters. The Morgan fingerprint density at radius 3 is 2.62 bits per heavy atom. The molecule has 0 aliphatic heterocycles. The van der Waals surface area contributed by atoms with Crippen LogP contribution in [-0.2, 0) is 11.3 Å². The fraction of sp³-hybridized carbons (Fsp3) is 0.389. The van der Waals surface area contributed by atoms with Crippen molar-refractivity contribution in [1.82, 2.24) is 9.88 Å². The van der Waals surface area contributed by atoms with Gasteiger partial charge in [-0.3, -0.25) is 0 Å². The molecular formula is C18H23N3O3S2. The summed E-state index contributed by atoms with van der Waals surface area (Å²) in [6, 6.07) is 7.52. The molecule has 1 heterocycles. The maximum absolute atomic E-state index is 12.6. The van der Waals surface area contributed by atoms with Gasteiger partial charge in [0.2, 0.25) is 0 Å². The van der Waals surface area contributed by atoms with Gasteiger partial charge in [-0.25, -0.2) is 14.6 Å².